The number of benzene rings is 10. The second-order valence-corrected chi connectivity index (χ2v) is 20.2. The number of rotatable bonds is 18. The van der Waals surface area contributed by atoms with Crippen LogP contribution in [0, 0.1) is 20.8 Å². The lowest BCUT2D eigenvalue weighted by molar-refractivity contribution is 0.922. The molecule has 0 aliphatic carbocycles. The Morgan fingerprint density at radius 3 is 0.573 bits per heavy atom. The Hall–Kier alpha value is -8.40. The van der Waals surface area contributed by atoms with Gasteiger partial charge in [-0.15, -0.1) is 0 Å². The van der Waals surface area contributed by atoms with Crippen LogP contribution in [0.4, 0.5) is 51.2 Å². The summed E-state index contributed by atoms with van der Waals surface area (Å²) >= 11 is 0. The highest BCUT2D eigenvalue weighted by molar-refractivity contribution is 5.86. The first-order valence-corrected chi connectivity index (χ1v) is 27.1. The van der Waals surface area contributed by atoms with Gasteiger partial charge >= 0.3 is 0 Å². The average Bonchev–Trinajstić information content (AvgIpc) is 3.45. The minimum absolute atomic E-state index is 1.08. The summed E-state index contributed by atoms with van der Waals surface area (Å²) in [4.78, 5) is 7.09. The van der Waals surface area contributed by atoms with Gasteiger partial charge in [-0.05, 0) is 217 Å². The van der Waals surface area contributed by atoms with E-state index in [9.17, 15) is 0 Å². The van der Waals surface area contributed by atoms with Gasteiger partial charge in [-0.25, -0.2) is 0 Å². The molecule has 3 nitrogen and oxygen atoms in total. The number of hydrogen-bond acceptors (Lipinski definition) is 3. The predicted octanol–water partition coefficient (Wildman–Crippen LogP) is 20.9. The highest BCUT2D eigenvalue weighted by Crippen LogP contribution is 2.42. The maximum absolute atomic E-state index is 2.36. The molecule has 0 heterocycles. The Morgan fingerprint density at radius 1 is 0.213 bits per heavy atom. The lowest BCUT2D eigenvalue weighted by Gasteiger charge is -2.26. The molecule has 0 aliphatic heterocycles. The fourth-order valence-corrected chi connectivity index (χ4v) is 10.3. The fourth-order valence-electron chi connectivity index (χ4n) is 10.3. The Bertz CT molecular complexity index is 3030. The first-order chi connectivity index (χ1) is 36.7. The Kier molecular flexibility index (Phi) is 15.5. The highest BCUT2D eigenvalue weighted by atomic mass is 15.2. The summed E-state index contributed by atoms with van der Waals surface area (Å²) in [6, 6.07) is 88.2. The lowest BCUT2D eigenvalue weighted by Crippen LogP contribution is -2.10. The molecular formula is C72H69N3. The molecule has 0 aromatic heterocycles. The third-order valence-corrected chi connectivity index (χ3v) is 14.4. The van der Waals surface area contributed by atoms with Gasteiger partial charge in [-0.3, -0.25) is 0 Å². The predicted molar refractivity (Wildman–Crippen MR) is 323 cm³/mol. The molecule has 75 heavy (non-hydrogen) atoms. The third-order valence-electron chi connectivity index (χ3n) is 14.4. The molecule has 0 N–H and O–H groups in total. The zero-order valence-electron chi connectivity index (χ0n) is 44.6. The van der Waals surface area contributed by atoms with Gasteiger partial charge in [0.15, 0.2) is 0 Å². The van der Waals surface area contributed by atoms with Gasteiger partial charge in [0.2, 0.25) is 0 Å². The van der Waals surface area contributed by atoms with Crippen LogP contribution in [0.3, 0.4) is 0 Å². The van der Waals surface area contributed by atoms with E-state index >= 15 is 0 Å². The maximum atomic E-state index is 2.36. The Balaban J connectivity index is 1.05. The molecule has 0 atom stereocenters. The molecule has 0 aliphatic rings. The van der Waals surface area contributed by atoms with Crippen molar-refractivity contribution >= 4 is 51.2 Å². The van der Waals surface area contributed by atoms with Gasteiger partial charge in [-0.1, -0.05) is 166 Å². The molecule has 3 heteroatoms. The van der Waals surface area contributed by atoms with Crippen molar-refractivity contribution in [1.82, 2.24) is 0 Å². The van der Waals surface area contributed by atoms with Crippen LogP contribution in [0.25, 0.3) is 33.4 Å². The van der Waals surface area contributed by atoms with Crippen molar-refractivity contribution in [3.05, 3.63) is 270 Å². The second kappa shape index (κ2) is 23.2. The number of hydrogen-bond donors (Lipinski definition) is 0. The van der Waals surface area contributed by atoms with E-state index in [0.717, 1.165) is 123 Å². The van der Waals surface area contributed by atoms with E-state index in [4.69, 9.17) is 0 Å². The van der Waals surface area contributed by atoms with Gasteiger partial charge in [0.1, 0.15) is 0 Å². The van der Waals surface area contributed by atoms with Crippen LogP contribution in [0.2, 0.25) is 0 Å². The third kappa shape index (κ3) is 11.7. The minimum atomic E-state index is 1.08. The summed E-state index contributed by atoms with van der Waals surface area (Å²) < 4.78 is 0. The van der Waals surface area contributed by atoms with Crippen molar-refractivity contribution in [3.63, 3.8) is 0 Å². The first kappa shape index (κ1) is 50.1. The zero-order valence-corrected chi connectivity index (χ0v) is 44.6. The quantitative estimate of drug-likeness (QED) is 0.0848. The van der Waals surface area contributed by atoms with Crippen molar-refractivity contribution in [2.75, 3.05) is 14.7 Å². The molecule has 0 unspecified atom stereocenters. The SMILES string of the molecule is CCCc1ccc(N(c2ccc(C)cc2)c2ccc(-c3cc(-c4ccc(N(c5ccc(C)cc5)c5ccc(CCC)cc5)cc4)cc(-c4ccc(N(c5ccc(C)cc5)c5ccc(CCC)cc5)cc4)c3)cc2)cc1. The van der Waals surface area contributed by atoms with E-state index in [1.165, 1.54) is 33.4 Å². The summed E-state index contributed by atoms with van der Waals surface area (Å²) in [6.45, 7) is 13.2. The van der Waals surface area contributed by atoms with Crippen LogP contribution < -0.4 is 14.7 Å². The molecular weight excluding hydrogens is 907 g/mol. The van der Waals surface area contributed by atoms with Gasteiger partial charge in [-0.2, -0.15) is 0 Å². The van der Waals surface area contributed by atoms with Crippen molar-refractivity contribution in [1.29, 1.82) is 0 Å². The van der Waals surface area contributed by atoms with Gasteiger partial charge in [0.25, 0.3) is 0 Å². The van der Waals surface area contributed by atoms with Crippen LogP contribution in [0.15, 0.2) is 237 Å². The first-order valence-electron chi connectivity index (χ1n) is 27.1. The van der Waals surface area contributed by atoms with E-state index in [1.54, 1.807) is 0 Å². The standard InChI is InChI=1S/C72H69N3/c1-7-10-55-19-37-67(38-20-55)73(64-31-13-52(4)14-32-64)70-43-25-58(26-44-70)61-49-62(59-27-45-71(46-28-59)74(65-33-15-53(5)16-34-65)68-39-21-56(11-8-2)22-40-68)51-63(50-61)60-29-47-72(48-30-60)75(66-35-17-54(6)18-36-66)69-41-23-57(12-9-3)24-42-69/h13-51H,7-12H2,1-6H3. The number of aryl methyl sites for hydroxylation is 6. The van der Waals surface area contributed by atoms with Crippen LogP contribution in [-0.4, -0.2) is 0 Å². The van der Waals surface area contributed by atoms with Crippen LogP contribution >= 0.6 is 0 Å². The van der Waals surface area contributed by atoms with Crippen LogP contribution in [0.1, 0.15) is 73.4 Å². The van der Waals surface area contributed by atoms with E-state index in [0.29, 0.717) is 0 Å². The molecule has 0 amide bonds. The Morgan fingerprint density at radius 2 is 0.387 bits per heavy atom. The minimum Gasteiger partial charge on any atom is -0.311 e. The summed E-state index contributed by atoms with van der Waals surface area (Å²) in [7, 11) is 0. The average molecular weight is 976 g/mol. The van der Waals surface area contributed by atoms with Crippen molar-refractivity contribution in [2.45, 2.75) is 80.1 Å². The molecule has 0 radical (unpaired) electrons. The lowest BCUT2D eigenvalue weighted by atomic mass is 9.93. The number of nitrogens with zero attached hydrogens (tertiary/aromatic N) is 3. The van der Waals surface area contributed by atoms with Gasteiger partial charge in [0, 0.05) is 51.2 Å². The molecule has 0 fully saturated rings. The van der Waals surface area contributed by atoms with Crippen molar-refractivity contribution in [3.8, 4) is 33.4 Å². The molecule has 10 aromatic carbocycles. The topological polar surface area (TPSA) is 9.72 Å². The molecule has 10 aromatic rings. The highest BCUT2D eigenvalue weighted by Gasteiger charge is 2.18. The monoisotopic (exact) mass is 976 g/mol. The van der Waals surface area contributed by atoms with Crippen LogP contribution in [0.5, 0.6) is 0 Å². The molecule has 0 spiro atoms. The van der Waals surface area contributed by atoms with E-state index in [-0.39, 0.29) is 0 Å². The van der Waals surface area contributed by atoms with Crippen molar-refractivity contribution in [2.24, 2.45) is 0 Å². The second-order valence-electron chi connectivity index (χ2n) is 20.2. The zero-order chi connectivity index (χ0) is 51.7. The Labute approximate surface area is 447 Å². The fraction of sp³-hybridized carbons (Fsp3) is 0.167. The number of anilines is 9. The largest absolute Gasteiger partial charge is 0.311 e. The summed E-state index contributed by atoms with van der Waals surface area (Å²) in [5.41, 5.74) is 25.0. The van der Waals surface area contributed by atoms with Crippen LogP contribution in [-0.2, 0) is 19.3 Å². The summed E-state index contributed by atoms with van der Waals surface area (Å²) in [6.07, 6.45) is 6.62. The van der Waals surface area contributed by atoms with E-state index in [1.807, 2.05) is 0 Å². The normalized spacial score (nSPS) is 11.1. The molecule has 0 saturated carbocycles. The summed E-state index contributed by atoms with van der Waals surface area (Å²) in [5, 5.41) is 0. The van der Waals surface area contributed by atoms with Gasteiger partial charge in [0.05, 0.1) is 0 Å². The smallest absolute Gasteiger partial charge is 0.0462 e. The molecule has 0 bridgehead atoms. The molecule has 372 valence electrons. The maximum Gasteiger partial charge on any atom is 0.0462 e. The molecule has 10 rings (SSSR count). The van der Waals surface area contributed by atoms with Crippen molar-refractivity contribution < 1.29 is 0 Å². The molecule has 0 saturated heterocycles. The van der Waals surface area contributed by atoms with Gasteiger partial charge < -0.3 is 14.7 Å². The summed E-state index contributed by atoms with van der Waals surface area (Å²) in [5.74, 6) is 0. The van der Waals surface area contributed by atoms with E-state index in [2.05, 4.69) is 293 Å². The van der Waals surface area contributed by atoms with E-state index < -0.39 is 0 Å².